The molecule has 1 amide bonds. The van der Waals surface area contributed by atoms with Crippen LogP contribution in [-0.2, 0) is 38.0 Å². The van der Waals surface area contributed by atoms with Gasteiger partial charge in [-0.25, -0.2) is 0 Å². The Kier molecular flexibility index (Phi) is 8.07. The minimum absolute atomic E-state index is 0.0878. The van der Waals surface area contributed by atoms with Gasteiger partial charge in [0.15, 0.2) is 5.17 Å². The Balaban J connectivity index is 1.32. The van der Waals surface area contributed by atoms with Gasteiger partial charge < -0.3 is 14.4 Å². The highest BCUT2D eigenvalue weighted by Gasteiger charge is 2.38. The number of alkyl halides is 6. The van der Waals surface area contributed by atoms with E-state index in [4.69, 9.17) is 9.47 Å². The van der Waals surface area contributed by atoms with Crippen LogP contribution in [-0.4, -0.2) is 64.1 Å². The summed E-state index contributed by atoms with van der Waals surface area (Å²) in [7, 11) is 0. The van der Waals surface area contributed by atoms with Gasteiger partial charge >= 0.3 is 18.3 Å². The van der Waals surface area contributed by atoms with E-state index in [0.29, 0.717) is 52.3 Å². The molecule has 2 aromatic carbocycles. The average molecular weight is 613 g/mol. The van der Waals surface area contributed by atoms with Crippen LogP contribution in [0.1, 0.15) is 29.2 Å². The van der Waals surface area contributed by atoms with Gasteiger partial charge in [-0.1, -0.05) is 12.1 Å². The van der Waals surface area contributed by atoms with Crippen molar-refractivity contribution in [2.45, 2.75) is 31.9 Å². The number of amidine groups is 1. The lowest BCUT2D eigenvalue weighted by atomic mass is 10.0. The Morgan fingerprint density at radius 1 is 1.14 bits per heavy atom. The lowest BCUT2D eigenvalue weighted by molar-refractivity contribution is -0.147. The SMILES string of the molecule is CC(=O)OC[C@@H]1CN(C2=NC(=O)/C(=C/c3ccc4c(cnn4Cc4ccc(C(F)(F)F)cc4C(F)(F)F)c3)S2)CCO1. The van der Waals surface area contributed by atoms with Gasteiger partial charge in [0, 0.05) is 25.4 Å². The number of aromatic nitrogens is 2. The number of hydrogen-bond donors (Lipinski definition) is 0. The zero-order valence-electron chi connectivity index (χ0n) is 21.8. The van der Waals surface area contributed by atoms with Crippen LogP contribution in [0.2, 0.25) is 0 Å². The van der Waals surface area contributed by atoms with Crippen LogP contribution in [0.15, 0.2) is 52.5 Å². The quantitative estimate of drug-likeness (QED) is 0.218. The summed E-state index contributed by atoms with van der Waals surface area (Å²) in [6.07, 6.45) is -7.20. The highest BCUT2D eigenvalue weighted by atomic mass is 32.2. The van der Waals surface area contributed by atoms with Crippen molar-refractivity contribution in [1.82, 2.24) is 14.7 Å². The molecule has 222 valence electrons. The maximum atomic E-state index is 13.6. The number of fused-ring (bicyclic) bond motifs is 1. The van der Waals surface area contributed by atoms with Crippen LogP contribution in [0.25, 0.3) is 17.0 Å². The molecule has 5 rings (SSSR count). The third-order valence-corrected chi connectivity index (χ3v) is 7.56. The van der Waals surface area contributed by atoms with Gasteiger partial charge in [-0.2, -0.15) is 36.4 Å². The smallest absolute Gasteiger partial charge is 0.416 e. The number of morpholine rings is 1. The van der Waals surface area contributed by atoms with Crippen LogP contribution in [0.4, 0.5) is 26.3 Å². The number of esters is 1. The number of rotatable bonds is 5. The zero-order valence-corrected chi connectivity index (χ0v) is 22.6. The molecule has 0 spiro atoms. The first-order valence-electron chi connectivity index (χ1n) is 12.5. The third-order valence-electron chi connectivity index (χ3n) is 6.52. The highest BCUT2D eigenvalue weighted by Crippen LogP contribution is 2.38. The number of nitrogens with zero attached hydrogens (tertiary/aromatic N) is 4. The summed E-state index contributed by atoms with van der Waals surface area (Å²) in [5.74, 6) is -0.854. The molecule has 0 saturated carbocycles. The second-order valence-electron chi connectivity index (χ2n) is 9.54. The van der Waals surface area contributed by atoms with E-state index in [9.17, 15) is 35.9 Å². The molecular formula is C27H22F6N4O4S. The summed E-state index contributed by atoms with van der Waals surface area (Å²) >= 11 is 1.18. The monoisotopic (exact) mass is 612 g/mol. The van der Waals surface area contributed by atoms with E-state index in [1.807, 2.05) is 4.90 Å². The van der Waals surface area contributed by atoms with Gasteiger partial charge in [-0.15, -0.1) is 0 Å². The molecular weight excluding hydrogens is 590 g/mol. The molecule has 1 atom stereocenters. The number of amides is 1. The summed E-state index contributed by atoms with van der Waals surface area (Å²) in [4.78, 5) is 30.1. The van der Waals surface area contributed by atoms with Gasteiger partial charge in [0.2, 0.25) is 0 Å². The molecule has 2 aliphatic heterocycles. The van der Waals surface area contributed by atoms with Crippen molar-refractivity contribution in [3.05, 3.63) is 69.8 Å². The van der Waals surface area contributed by atoms with Crippen molar-refractivity contribution in [2.75, 3.05) is 26.3 Å². The van der Waals surface area contributed by atoms with Crippen molar-refractivity contribution in [2.24, 2.45) is 4.99 Å². The molecule has 15 heteroatoms. The van der Waals surface area contributed by atoms with E-state index in [2.05, 4.69) is 10.1 Å². The van der Waals surface area contributed by atoms with Crippen LogP contribution in [0.5, 0.6) is 0 Å². The van der Waals surface area contributed by atoms with Gasteiger partial charge in [-0.05, 0) is 53.2 Å². The van der Waals surface area contributed by atoms with Crippen LogP contribution < -0.4 is 0 Å². The van der Waals surface area contributed by atoms with Gasteiger partial charge in [0.1, 0.15) is 12.7 Å². The second kappa shape index (κ2) is 11.4. The summed E-state index contributed by atoms with van der Waals surface area (Å²) in [5.41, 5.74) is -2.05. The molecule has 0 unspecified atom stereocenters. The summed E-state index contributed by atoms with van der Waals surface area (Å²) in [6.45, 7) is 2.25. The molecule has 8 nitrogen and oxygen atoms in total. The van der Waals surface area contributed by atoms with Crippen LogP contribution in [0, 0.1) is 0 Å². The zero-order chi connectivity index (χ0) is 30.2. The van der Waals surface area contributed by atoms with Gasteiger partial charge in [0.05, 0.1) is 40.9 Å². The van der Waals surface area contributed by atoms with Crippen molar-refractivity contribution in [1.29, 1.82) is 0 Å². The number of carbonyl (C=O) groups excluding carboxylic acids is 2. The van der Waals surface area contributed by atoms with E-state index in [-0.39, 0.29) is 24.3 Å². The van der Waals surface area contributed by atoms with Crippen LogP contribution >= 0.6 is 11.8 Å². The third kappa shape index (κ3) is 6.62. The first-order chi connectivity index (χ1) is 19.8. The minimum Gasteiger partial charge on any atom is -0.463 e. The van der Waals surface area contributed by atoms with E-state index in [1.54, 1.807) is 24.3 Å². The Morgan fingerprint density at radius 3 is 2.64 bits per heavy atom. The summed E-state index contributed by atoms with van der Waals surface area (Å²) in [6, 6.07) is 6.49. The molecule has 0 N–H and O–H groups in total. The standard InChI is InChI=1S/C27H22F6N4O4S/c1-15(38)41-14-20-13-36(6-7-40-20)25-35-24(39)23(42-25)9-16-2-5-22-18(8-16)11-34-37(22)12-17-3-4-19(26(28,29)30)10-21(17)27(31,32)33/h2-5,8-11,20H,6-7,12-14H2,1H3/b23-9-/t20-/m0/s1. The predicted molar refractivity (Wildman–Crippen MR) is 141 cm³/mol. The predicted octanol–water partition coefficient (Wildman–Crippen LogP) is 5.36. The molecule has 1 aromatic heterocycles. The number of ether oxygens (including phenoxy) is 2. The first-order valence-corrected chi connectivity index (χ1v) is 13.3. The van der Waals surface area contributed by atoms with Gasteiger partial charge in [-0.3, -0.25) is 14.3 Å². The molecule has 3 heterocycles. The Hall–Kier alpha value is -3.85. The number of hydrogen-bond acceptors (Lipinski definition) is 7. The maximum absolute atomic E-state index is 13.6. The number of carbonyl (C=O) groups is 2. The molecule has 1 saturated heterocycles. The molecule has 3 aromatic rings. The fourth-order valence-electron chi connectivity index (χ4n) is 4.53. The fraction of sp³-hybridized carbons (Fsp3) is 0.333. The lowest BCUT2D eigenvalue weighted by Gasteiger charge is -2.33. The fourth-order valence-corrected chi connectivity index (χ4v) is 5.47. The molecule has 0 bridgehead atoms. The number of halogens is 6. The second-order valence-corrected chi connectivity index (χ2v) is 10.5. The van der Waals surface area contributed by atoms with E-state index < -0.39 is 41.9 Å². The van der Waals surface area contributed by atoms with Crippen molar-refractivity contribution >= 4 is 45.8 Å². The van der Waals surface area contributed by atoms with E-state index >= 15 is 0 Å². The summed E-state index contributed by atoms with van der Waals surface area (Å²) < 4.78 is 91.7. The number of benzene rings is 2. The normalized spacial score (nSPS) is 19.1. The highest BCUT2D eigenvalue weighted by molar-refractivity contribution is 8.18. The number of aliphatic imine (C=N–C) groups is 1. The number of thioether (sulfide) groups is 1. The van der Waals surface area contributed by atoms with Crippen molar-refractivity contribution in [3.8, 4) is 0 Å². The van der Waals surface area contributed by atoms with E-state index in [0.717, 1.165) is 6.07 Å². The van der Waals surface area contributed by atoms with Crippen molar-refractivity contribution in [3.63, 3.8) is 0 Å². The largest absolute Gasteiger partial charge is 0.463 e. The van der Waals surface area contributed by atoms with Crippen molar-refractivity contribution < 1.29 is 45.4 Å². The minimum atomic E-state index is -4.99. The molecule has 1 fully saturated rings. The van der Waals surface area contributed by atoms with E-state index in [1.165, 1.54) is 29.6 Å². The lowest BCUT2D eigenvalue weighted by Crippen LogP contribution is -2.46. The Morgan fingerprint density at radius 2 is 1.93 bits per heavy atom. The maximum Gasteiger partial charge on any atom is 0.416 e. The Labute approximate surface area is 239 Å². The first kappa shape index (κ1) is 29.6. The summed E-state index contributed by atoms with van der Waals surface area (Å²) in [5, 5.41) is 5.19. The molecule has 42 heavy (non-hydrogen) atoms. The molecule has 0 aliphatic carbocycles. The average Bonchev–Trinajstić information content (AvgIpc) is 3.49. The van der Waals surface area contributed by atoms with Crippen LogP contribution in [0.3, 0.4) is 0 Å². The topological polar surface area (TPSA) is 86.0 Å². The molecule has 2 aliphatic rings. The molecule has 0 radical (unpaired) electrons. The van der Waals surface area contributed by atoms with Gasteiger partial charge in [0.25, 0.3) is 5.91 Å². The Bertz CT molecular complexity index is 1600.